The minimum atomic E-state index is -0.156. The first-order valence-corrected chi connectivity index (χ1v) is 10.7. The van der Waals surface area contributed by atoms with Crippen molar-refractivity contribution in [2.75, 3.05) is 18.4 Å². The maximum Gasteiger partial charge on any atom is 0.275 e. The molecule has 0 saturated carbocycles. The lowest BCUT2D eigenvalue weighted by atomic mass is 10.1. The number of hydrogen-bond acceptors (Lipinski definition) is 7. The molecule has 0 spiro atoms. The maximum atomic E-state index is 13.6. The number of benzene rings is 1. The Labute approximate surface area is 186 Å². The summed E-state index contributed by atoms with van der Waals surface area (Å²) in [5.41, 5.74) is 2.53. The fraction of sp³-hybridized carbons (Fsp3) is 0.304. The molecule has 1 aromatic carbocycles. The zero-order chi connectivity index (χ0) is 22.5. The second-order valence-corrected chi connectivity index (χ2v) is 7.43. The number of carbonyl (C=O) groups is 1. The van der Waals surface area contributed by atoms with Crippen LogP contribution in [0, 0.1) is 6.92 Å². The molecule has 32 heavy (non-hydrogen) atoms. The summed E-state index contributed by atoms with van der Waals surface area (Å²) >= 11 is 0. The number of hydrogen-bond donors (Lipinski definition) is 1. The van der Waals surface area contributed by atoms with Crippen LogP contribution in [-0.4, -0.2) is 59.9 Å². The summed E-state index contributed by atoms with van der Waals surface area (Å²) in [4.78, 5) is 30.3. The van der Waals surface area contributed by atoms with Crippen molar-refractivity contribution in [3.63, 3.8) is 0 Å². The van der Waals surface area contributed by atoms with Crippen molar-refractivity contribution in [3.8, 4) is 5.69 Å². The number of anilines is 1. The third-order valence-electron chi connectivity index (χ3n) is 5.35. The lowest BCUT2D eigenvalue weighted by molar-refractivity contribution is 0.0688. The molecule has 4 aromatic rings. The molecule has 1 unspecified atom stereocenters. The van der Waals surface area contributed by atoms with Crippen LogP contribution >= 0.6 is 0 Å². The molecule has 0 fully saturated rings. The van der Waals surface area contributed by atoms with Gasteiger partial charge in [0, 0.05) is 36.4 Å². The van der Waals surface area contributed by atoms with Crippen molar-refractivity contribution in [1.29, 1.82) is 0 Å². The SMILES string of the molecule is CCC(CNc1ncc2ccccc2n1)N(CC)C(=O)c1nc(C)ccc1-n1nccn1. The van der Waals surface area contributed by atoms with E-state index in [1.807, 2.05) is 55.1 Å². The molecule has 0 aliphatic heterocycles. The Balaban J connectivity index is 1.56. The van der Waals surface area contributed by atoms with Gasteiger partial charge in [0.25, 0.3) is 5.91 Å². The summed E-state index contributed by atoms with van der Waals surface area (Å²) < 4.78 is 0. The van der Waals surface area contributed by atoms with Gasteiger partial charge >= 0.3 is 0 Å². The van der Waals surface area contributed by atoms with E-state index in [2.05, 4.69) is 37.4 Å². The van der Waals surface area contributed by atoms with Crippen LogP contribution in [0.1, 0.15) is 36.5 Å². The second kappa shape index (κ2) is 9.51. The van der Waals surface area contributed by atoms with Gasteiger partial charge < -0.3 is 10.2 Å². The van der Waals surface area contributed by atoms with E-state index in [1.165, 1.54) is 4.80 Å². The van der Waals surface area contributed by atoms with E-state index in [1.54, 1.807) is 18.6 Å². The first-order valence-electron chi connectivity index (χ1n) is 10.7. The summed E-state index contributed by atoms with van der Waals surface area (Å²) in [6.07, 6.45) is 5.72. The molecule has 0 aliphatic carbocycles. The third kappa shape index (κ3) is 4.41. The Morgan fingerprint density at radius 3 is 2.62 bits per heavy atom. The van der Waals surface area contributed by atoms with E-state index in [-0.39, 0.29) is 11.9 Å². The fourth-order valence-corrected chi connectivity index (χ4v) is 3.65. The summed E-state index contributed by atoms with van der Waals surface area (Å²) in [6.45, 7) is 6.95. The van der Waals surface area contributed by atoms with Gasteiger partial charge in [-0.05, 0) is 38.5 Å². The van der Waals surface area contributed by atoms with Gasteiger partial charge in [0.05, 0.1) is 17.9 Å². The number of aromatic nitrogens is 6. The predicted octanol–water partition coefficient (Wildman–Crippen LogP) is 3.27. The number of carbonyl (C=O) groups excluding carboxylic acids is 1. The Hall–Kier alpha value is -3.88. The van der Waals surface area contributed by atoms with Crippen molar-refractivity contribution >= 4 is 22.8 Å². The quantitative estimate of drug-likeness (QED) is 0.458. The highest BCUT2D eigenvalue weighted by molar-refractivity contribution is 5.96. The molecule has 0 saturated heterocycles. The Morgan fingerprint density at radius 2 is 1.88 bits per heavy atom. The number of nitrogens with zero attached hydrogens (tertiary/aromatic N) is 7. The van der Waals surface area contributed by atoms with Crippen molar-refractivity contribution in [2.24, 2.45) is 0 Å². The van der Waals surface area contributed by atoms with E-state index >= 15 is 0 Å². The number of nitrogens with one attached hydrogen (secondary N) is 1. The van der Waals surface area contributed by atoms with Gasteiger partial charge in [0.15, 0.2) is 5.69 Å². The Morgan fingerprint density at radius 1 is 1.09 bits per heavy atom. The van der Waals surface area contributed by atoms with Crippen LogP contribution < -0.4 is 5.32 Å². The third-order valence-corrected chi connectivity index (χ3v) is 5.35. The van der Waals surface area contributed by atoms with E-state index in [0.29, 0.717) is 30.4 Å². The van der Waals surface area contributed by atoms with Gasteiger partial charge in [-0.1, -0.05) is 25.1 Å². The van der Waals surface area contributed by atoms with Crippen LogP contribution in [0.5, 0.6) is 0 Å². The van der Waals surface area contributed by atoms with E-state index in [4.69, 9.17) is 0 Å². The molecule has 9 heteroatoms. The number of pyridine rings is 1. The van der Waals surface area contributed by atoms with Crippen molar-refractivity contribution in [3.05, 3.63) is 66.4 Å². The van der Waals surface area contributed by atoms with E-state index in [9.17, 15) is 4.79 Å². The highest BCUT2D eigenvalue weighted by atomic mass is 16.2. The molecule has 4 rings (SSSR count). The van der Waals surface area contributed by atoms with Gasteiger partial charge in [-0.15, -0.1) is 4.80 Å². The number of amides is 1. The van der Waals surface area contributed by atoms with Gasteiger partial charge in [-0.25, -0.2) is 15.0 Å². The highest BCUT2D eigenvalue weighted by Crippen LogP contribution is 2.18. The summed E-state index contributed by atoms with van der Waals surface area (Å²) in [5.74, 6) is 0.386. The van der Waals surface area contributed by atoms with Crippen LogP contribution in [0.3, 0.4) is 0 Å². The Bertz CT molecular complexity index is 1210. The summed E-state index contributed by atoms with van der Waals surface area (Å²) in [5, 5.41) is 12.6. The van der Waals surface area contributed by atoms with E-state index < -0.39 is 0 Å². The average Bonchev–Trinajstić information content (AvgIpc) is 3.36. The zero-order valence-corrected chi connectivity index (χ0v) is 18.4. The minimum Gasteiger partial charge on any atom is -0.352 e. The molecule has 1 amide bonds. The number of rotatable bonds is 8. The highest BCUT2D eigenvalue weighted by Gasteiger charge is 2.26. The molecule has 9 nitrogen and oxygen atoms in total. The molecule has 3 heterocycles. The zero-order valence-electron chi connectivity index (χ0n) is 18.4. The fourth-order valence-electron chi connectivity index (χ4n) is 3.65. The summed E-state index contributed by atoms with van der Waals surface area (Å²) in [6, 6.07) is 11.5. The lowest BCUT2D eigenvalue weighted by Crippen LogP contribution is -2.44. The molecule has 1 N–H and O–H groups in total. The maximum absolute atomic E-state index is 13.6. The molecule has 3 aromatic heterocycles. The normalized spacial score (nSPS) is 12.0. The van der Waals surface area contributed by atoms with Crippen LogP contribution in [-0.2, 0) is 0 Å². The monoisotopic (exact) mass is 430 g/mol. The Kier molecular flexibility index (Phi) is 6.34. The first kappa shape index (κ1) is 21.4. The van der Waals surface area contributed by atoms with Crippen LogP contribution in [0.15, 0.2) is 55.0 Å². The van der Waals surface area contributed by atoms with Crippen LogP contribution in [0.4, 0.5) is 5.95 Å². The van der Waals surface area contributed by atoms with Gasteiger partial charge in [-0.3, -0.25) is 4.79 Å². The summed E-state index contributed by atoms with van der Waals surface area (Å²) in [7, 11) is 0. The van der Waals surface area contributed by atoms with Crippen LogP contribution in [0.25, 0.3) is 16.6 Å². The molecule has 0 radical (unpaired) electrons. The molecule has 1 atom stereocenters. The number of likely N-dealkylation sites (N-methyl/N-ethyl adjacent to an activating group) is 1. The largest absolute Gasteiger partial charge is 0.352 e. The average molecular weight is 431 g/mol. The number of aryl methyl sites for hydroxylation is 1. The van der Waals surface area contributed by atoms with E-state index in [0.717, 1.165) is 23.0 Å². The molecular formula is C23H26N8O. The van der Waals surface area contributed by atoms with Gasteiger partial charge in [0.1, 0.15) is 5.69 Å². The minimum absolute atomic E-state index is 0.0664. The second-order valence-electron chi connectivity index (χ2n) is 7.43. The molecule has 164 valence electrons. The molecule has 0 aliphatic rings. The molecule has 0 bridgehead atoms. The first-order chi connectivity index (χ1) is 15.6. The van der Waals surface area contributed by atoms with Crippen molar-refractivity contribution in [2.45, 2.75) is 33.2 Å². The van der Waals surface area contributed by atoms with Gasteiger partial charge in [0.2, 0.25) is 5.95 Å². The number of fused-ring (bicyclic) bond motifs is 1. The van der Waals surface area contributed by atoms with Gasteiger partial charge in [-0.2, -0.15) is 10.2 Å². The predicted molar refractivity (Wildman–Crippen MR) is 123 cm³/mol. The molecular weight excluding hydrogens is 404 g/mol. The van der Waals surface area contributed by atoms with Crippen molar-refractivity contribution in [1.82, 2.24) is 34.8 Å². The smallest absolute Gasteiger partial charge is 0.275 e. The van der Waals surface area contributed by atoms with Crippen molar-refractivity contribution < 1.29 is 4.79 Å². The number of para-hydroxylation sites is 1. The topological polar surface area (TPSA) is 102 Å². The van der Waals surface area contributed by atoms with Crippen LogP contribution in [0.2, 0.25) is 0 Å². The standard InChI is InChI=1S/C23H26N8O/c1-4-18(15-25-23-24-14-17-8-6-7-9-19(17)29-23)30(5-2)22(32)21-20(11-10-16(3)28-21)31-26-12-13-27-31/h6-14,18H,4-5,15H2,1-3H3,(H,24,25,29). The lowest BCUT2D eigenvalue weighted by Gasteiger charge is -2.30.